The third-order valence-electron chi connectivity index (χ3n) is 5.14. The van der Waals surface area contributed by atoms with Crippen molar-refractivity contribution in [3.63, 3.8) is 0 Å². The fraction of sp³-hybridized carbons (Fsp3) is 0.409. The molecule has 1 amide bonds. The number of carbonyl (C=O) groups is 1. The largest absolute Gasteiger partial charge is 0.443 e. The van der Waals surface area contributed by atoms with Crippen LogP contribution in [0.5, 0.6) is 0 Å². The molecule has 0 saturated carbocycles. The number of imidazole rings is 1. The van der Waals surface area contributed by atoms with Crippen LogP contribution in [0, 0.1) is 0 Å². The van der Waals surface area contributed by atoms with Crippen LogP contribution >= 0.6 is 0 Å². The summed E-state index contributed by atoms with van der Waals surface area (Å²) in [5.41, 5.74) is 4.69. The van der Waals surface area contributed by atoms with Gasteiger partial charge in [0.15, 0.2) is 0 Å². The van der Waals surface area contributed by atoms with E-state index in [4.69, 9.17) is 4.74 Å². The summed E-state index contributed by atoms with van der Waals surface area (Å²) in [7, 11) is 1.73. The van der Waals surface area contributed by atoms with Gasteiger partial charge in [0.25, 0.3) is 0 Å². The minimum atomic E-state index is -0.533. The maximum atomic E-state index is 12.5. The van der Waals surface area contributed by atoms with Gasteiger partial charge in [-0.1, -0.05) is 6.07 Å². The second-order valence-electron chi connectivity index (χ2n) is 8.32. The molecule has 6 nitrogen and oxygen atoms in total. The van der Waals surface area contributed by atoms with E-state index in [0.29, 0.717) is 0 Å². The van der Waals surface area contributed by atoms with Gasteiger partial charge in [0.1, 0.15) is 11.2 Å². The lowest BCUT2D eigenvalue weighted by atomic mass is 9.84. The number of rotatable bonds is 2. The summed E-state index contributed by atoms with van der Waals surface area (Å²) >= 11 is 0. The lowest BCUT2D eigenvalue weighted by molar-refractivity contribution is 0.0589. The number of hydrogen-bond donors (Lipinski definition) is 0. The van der Waals surface area contributed by atoms with E-state index in [2.05, 4.69) is 20.4 Å². The topological polar surface area (TPSA) is 59.7 Å². The number of pyridine rings is 2. The van der Waals surface area contributed by atoms with Crippen LogP contribution in [0.1, 0.15) is 56.5 Å². The van der Waals surface area contributed by atoms with Gasteiger partial charge in [-0.3, -0.25) is 9.88 Å². The third kappa shape index (κ3) is 3.46. The first-order valence-electron chi connectivity index (χ1n) is 9.71. The molecule has 0 N–H and O–H groups in total. The van der Waals surface area contributed by atoms with Crippen molar-refractivity contribution in [1.82, 2.24) is 14.4 Å². The van der Waals surface area contributed by atoms with E-state index in [1.807, 2.05) is 57.6 Å². The van der Waals surface area contributed by atoms with Gasteiger partial charge in [0, 0.05) is 37.3 Å². The quantitative estimate of drug-likeness (QED) is 0.655. The first-order chi connectivity index (χ1) is 13.3. The van der Waals surface area contributed by atoms with E-state index in [1.165, 1.54) is 16.2 Å². The van der Waals surface area contributed by atoms with Crippen LogP contribution in [0.15, 0.2) is 42.9 Å². The highest BCUT2D eigenvalue weighted by Gasteiger charge is 2.26. The minimum absolute atomic E-state index is 0.259. The highest BCUT2D eigenvalue weighted by molar-refractivity contribution is 5.87. The highest BCUT2D eigenvalue weighted by atomic mass is 16.6. The summed E-state index contributed by atoms with van der Waals surface area (Å²) < 4.78 is 7.58. The van der Waals surface area contributed by atoms with Gasteiger partial charge in [-0.15, -0.1) is 0 Å². The van der Waals surface area contributed by atoms with Crippen LogP contribution in [0.25, 0.3) is 5.65 Å². The molecule has 1 atom stereocenters. The smallest absolute Gasteiger partial charge is 0.414 e. The number of fused-ring (bicyclic) bond motifs is 2. The Morgan fingerprint density at radius 1 is 1.25 bits per heavy atom. The average molecular weight is 378 g/mol. The van der Waals surface area contributed by atoms with Gasteiger partial charge in [-0.05, 0) is 63.8 Å². The van der Waals surface area contributed by atoms with E-state index in [-0.39, 0.29) is 12.0 Å². The molecule has 3 aromatic heterocycles. The van der Waals surface area contributed by atoms with Crippen molar-refractivity contribution < 1.29 is 9.53 Å². The predicted molar refractivity (Wildman–Crippen MR) is 109 cm³/mol. The summed E-state index contributed by atoms with van der Waals surface area (Å²) in [6, 6.07) is 8.00. The first-order valence-corrected chi connectivity index (χ1v) is 9.71. The molecular weight excluding hydrogens is 352 g/mol. The van der Waals surface area contributed by atoms with E-state index >= 15 is 0 Å². The van der Waals surface area contributed by atoms with Gasteiger partial charge in [-0.2, -0.15) is 0 Å². The second kappa shape index (κ2) is 6.93. The number of ether oxygens (including phenoxy) is 1. The SMILES string of the molecule is CN(C(=O)OC(C)(C)C)c1ccc2ncc(C3CCCc4ncccc43)n2c1. The van der Waals surface area contributed by atoms with E-state index in [9.17, 15) is 4.79 Å². The molecule has 0 aliphatic heterocycles. The molecule has 1 aliphatic carbocycles. The minimum Gasteiger partial charge on any atom is -0.443 e. The van der Waals surface area contributed by atoms with Crippen molar-refractivity contribution >= 4 is 17.4 Å². The average Bonchev–Trinajstić information content (AvgIpc) is 3.08. The number of carbonyl (C=O) groups excluding carboxylic acids is 1. The number of anilines is 1. The molecule has 6 heteroatoms. The molecule has 146 valence electrons. The van der Waals surface area contributed by atoms with E-state index in [0.717, 1.165) is 36.3 Å². The monoisotopic (exact) mass is 378 g/mol. The maximum absolute atomic E-state index is 12.5. The highest BCUT2D eigenvalue weighted by Crippen LogP contribution is 2.36. The van der Waals surface area contributed by atoms with Gasteiger partial charge in [-0.25, -0.2) is 9.78 Å². The Hall–Kier alpha value is -2.89. The lowest BCUT2D eigenvalue weighted by Crippen LogP contribution is -2.34. The standard InChI is InChI=1S/C22H26N4O2/c1-22(2,3)28-21(27)25(4)15-10-11-20-24-13-19(26(20)14-15)17-7-5-9-18-16(17)8-6-12-23-18/h6,8,10-14,17H,5,7,9H2,1-4H3. The van der Waals surface area contributed by atoms with Gasteiger partial charge in [0.05, 0.1) is 11.4 Å². The van der Waals surface area contributed by atoms with Crippen molar-refractivity contribution in [1.29, 1.82) is 0 Å². The zero-order valence-electron chi connectivity index (χ0n) is 16.8. The molecule has 0 spiro atoms. The van der Waals surface area contributed by atoms with Gasteiger partial charge in [0.2, 0.25) is 0 Å². The Labute approximate surface area is 165 Å². The maximum Gasteiger partial charge on any atom is 0.414 e. The number of amides is 1. The van der Waals surface area contributed by atoms with Crippen LogP contribution in [0.2, 0.25) is 0 Å². The van der Waals surface area contributed by atoms with Crippen LogP contribution in [-0.4, -0.2) is 33.1 Å². The molecular formula is C22H26N4O2. The summed E-state index contributed by atoms with van der Waals surface area (Å²) in [6.07, 6.45) is 8.60. The second-order valence-corrected chi connectivity index (χ2v) is 8.32. The molecule has 0 bridgehead atoms. The zero-order valence-corrected chi connectivity index (χ0v) is 16.8. The molecule has 3 heterocycles. The van der Waals surface area contributed by atoms with Crippen LogP contribution in [-0.2, 0) is 11.2 Å². The molecule has 28 heavy (non-hydrogen) atoms. The summed E-state index contributed by atoms with van der Waals surface area (Å²) in [6.45, 7) is 5.60. The number of aryl methyl sites for hydroxylation is 1. The molecule has 0 radical (unpaired) electrons. The first kappa shape index (κ1) is 18.5. The molecule has 1 unspecified atom stereocenters. The van der Waals surface area contributed by atoms with Crippen molar-refractivity contribution in [2.45, 2.75) is 51.6 Å². The van der Waals surface area contributed by atoms with Gasteiger partial charge < -0.3 is 9.14 Å². The van der Waals surface area contributed by atoms with Crippen molar-refractivity contribution in [2.75, 3.05) is 11.9 Å². The third-order valence-corrected chi connectivity index (χ3v) is 5.14. The predicted octanol–water partition coefficient (Wildman–Crippen LogP) is 4.57. The normalized spacial score (nSPS) is 16.6. The van der Waals surface area contributed by atoms with E-state index in [1.54, 1.807) is 7.05 Å². The zero-order chi connectivity index (χ0) is 19.9. The number of hydrogen-bond acceptors (Lipinski definition) is 4. The molecule has 4 rings (SSSR count). The Kier molecular flexibility index (Phi) is 4.57. The van der Waals surface area contributed by atoms with Crippen molar-refractivity contribution in [3.8, 4) is 0 Å². The fourth-order valence-corrected chi connectivity index (χ4v) is 3.79. The lowest BCUT2D eigenvalue weighted by Gasteiger charge is -2.26. The summed E-state index contributed by atoms with van der Waals surface area (Å²) in [4.78, 5) is 23.1. The van der Waals surface area contributed by atoms with Gasteiger partial charge >= 0.3 is 6.09 Å². The summed E-state index contributed by atoms with van der Waals surface area (Å²) in [5, 5.41) is 0. The Morgan fingerprint density at radius 2 is 2.07 bits per heavy atom. The van der Waals surface area contributed by atoms with Crippen LogP contribution < -0.4 is 4.90 Å². The Balaban J connectivity index is 1.71. The number of nitrogens with zero attached hydrogens (tertiary/aromatic N) is 4. The molecule has 1 aliphatic rings. The molecule has 0 aromatic carbocycles. The van der Waals surface area contributed by atoms with Crippen molar-refractivity contribution in [3.05, 3.63) is 59.8 Å². The van der Waals surface area contributed by atoms with Crippen molar-refractivity contribution in [2.24, 2.45) is 0 Å². The van der Waals surface area contributed by atoms with E-state index < -0.39 is 5.60 Å². The number of aromatic nitrogens is 3. The van der Waals surface area contributed by atoms with Crippen LogP contribution in [0.3, 0.4) is 0 Å². The molecule has 3 aromatic rings. The van der Waals surface area contributed by atoms with Crippen LogP contribution in [0.4, 0.5) is 10.5 Å². The summed E-state index contributed by atoms with van der Waals surface area (Å²) in [5.74, 6) is 0.259. The Bertz CT molecular complexity index is 1020. The fourth-order valence-electron chi connectivity index (χ4n) is 3.79. The molecule has 0 saturated heterocycles. The Morgan fingerprint density at radius 3 is 2.86 bits per heavy atom. The molecule has 0 fully saturated rings.